The van der Waals surface area contributed by atoms with Crippen LogP contribution in [0.25, 0.3) is 5.69 Å². The van der Waals surface area contributed by atoms with Gasteiger partial charge in [-0.3, -0.25) is 4.57 Å². The van der Waals surface area contributed by atoms with Crippen molar-refractivity contribution in [2.24, 2.45) is 5.73 Å². The van der Waals surface area contributed by atoms with Crippen LogP contribution in [0.1, 0.15) is 5.82 Å². The monoisotopic (exact) mass is 265 g/mol. The lowest BCUT2D eigenvalue weighted by molar-refractivity contribution is 0.831. The molecule has 15 heavy (non-hydrogen) atoms. The molecule has 0 saturated carbocycles. The van der Waals surface area contributed by atoms with Crippen LogP contribution in [-0.4, -0.2) is 16.1 Å². The number of aromatic nitrogens is 2. The van der Waals surface area contributed by atoms with E-state index >= 15 is 0 Å². The fraction of sp³-hybridized carbons (Fsp3) is 0.182. The molecule has 0 fully saturated rings. The highest BCUT2D eigenvalue weighted by Gasteiger charge is 2.08. The van der Waals surface area contributed by atoms with Crippen LogP contribution in [0.15, 0.2) is 41.1 Å². The molecule has 1 heterocycles. The maximum atomic E-state index is 5.55. The summed E-state index contributed by atoms with van der Waals surface area (Å²) in [6, 6.07) is 10.1. The molecule has 2 rings (SSSR count). The van der Waals surface area contributed by atoms with Gasteiger partial charge in [0.2, 0.25) is 0 Å². The average molecular weight is 266 g/mol. The Labute approximate surface area is 97.1 Å². The Morgan fingerprint density at radius 3 is 2.67 bits per heavy atom. The molecule has 2 N–H and O–H groups in total. The van der Waals surface area contributed by atoms with E-state index in [1.807, 2.05) is 30.3 Å². The first-order valence-electron chi connectivity index (χ1n) is 4.80. The van der Waals surface area contributed by atoms with Crippen molar-refractivity contribution >= 4 is 15.9 Å². The van der Waals surface area contributed by atoms with E-state index in [4.69, 9.17) is 5.73 Å². The summed E-state index contributed by atoms with van der Waals surface area (Å²) < 4.78 is 3.02. The largest absolute Gasteiger partial charge is 0.330 e. The van der Waals surface area contributed by atoms with Crippen LogP contribution in [-0.2, 0) is 6.42 Å². The molecule has 0 aliphatic rings. The number of nitrogens with zero attached hydrogens (tertiary/aromatic N) is 2. The summed E-state index contributed by atoms with van der Waals surface area (Å²) in [7, 11) is 0. The van der Waals surface area contributed by atoms with Crippen LogP contribution in [0.4, 0.5) is 0 Å². The van der Waals surface area contributed by atoms with Gasteiger partial charge in [-0.15, -0.1) is 0 Å². The topological polar surface area (TPSA) is 43.8 Å². The minimum absolute atomic E-state index is 0.607. The molecule has 0 spiro atoms. The summed E-state index contributed by atoms with van der Waals surface area (Å²) in [6.45, 7) is 0.607. The Morgan fingerprint density at radius 2 is 2.00 bits per heavy atom. The molecule has 2 aromatic rings. The van der Waals surface area contributed by atoms with Gasteiger partial charge in [0.25, 0.3) is 0 Å². The van der Waals surface area contributed by atoms with Gasteiger partial charge in [0, 0.05) is 12.1 Å². The zero-order chi connectivity index (χ0) is 10.7. The summed E-state index contributed by atoms with van der Waals surface area (Å²) in [5.74, 6) is 0.982. The van der Waals surface area contributed by atoms with E-state index in [-0.39, 0.29) is 0 Å². The van der Waals surface area contributed by atoms with Gasteiger partial charge in [-0.05, 0) is 34.6 Å². The van der Waals surface area contributed by atoms with Gasteiger partial charge in [-0.2, -0.15) is 0 Å². The molecule has 0 aliphatic carbocycles. The molecule has 0 saturated heterocycles. The molecule has 0 radical (unpaired) electrons. The van der Waals surface area contributed by atoms with Crippen LogP contribution in [0.5, 0.6) is 0 Å². The van der Waals surface area contributed by atoms with E-state index < -0.39 is 0 Å². The maximum absolute atomic E-state index is 5.55. The Hall–Kier alpha value is -1.13. The SMILES string of the molecule is NCCc1ncc(Br)n1-c1ccccc1. The van der Waals surface area contributed by atoms with Gasteiger partial charge in [0.05, 0.1) is 6.20 Å². The van der Waals surface area contributed by atoms with Crippen molar-refractivity contribution in [3.05, 3.63) is 47.0 Å². The quantitative estimate of drug-likeness (QED) is 0.924. The summed E-state index contributed by atoms with van der Waals surface area (Å²) in [6.07, 6.45) is 2.58. The maximum Gasteiger partial charge on any atom is 0.115 e. The van der Waals surface area contributed by atoms with Crippen molar-refractivity contribution in [2.45, 2.75) is 6.42 Å². The highest BCUT2D eigenvalue weighted by atomic mass is 79.9. The number of para-hydroxylation sites is 1. The predicted octanol–water partition coefficient (Wildman–Crippen LogP) is 2.14. The Balaban J connectivity index is 2.47. The molecule has 0 amide bonds. The first-order chi connectivity index (χ1) is 7.33. The third-order valence-electron chi connectivity index (χ3n) is 2.17. The Bertz CT molecular complexity index is 436. The van der Waals surface area contributed by atoms with E-state index in [0.717, 1.165) is 22.5 Å². The molecule has 78 valence electrons. The van der Waals surface area contributed by atoms with Gasteiger partial charge in [0.1, 0.15) is 10.4 Å². The third kappa shape index (κ3) is 2.11. The van der Waals surface area contributed by atoms with Crippen molar-refractivity contribution in [3.63, 3.8) is 0 Å². The second-order valence-electron chi connectivity index (χ2n) is 3.21. The lowest BCUT2D eigenvalue weighted by atomic mass is 10.3. The van der Waals surface area contributed by atoms with Crippen LogP contribution >= 0.6 is 15.9 Å². The van der Waals surface area contributed by atoms with Gasteiger partial charge < -0.3 is 5.73 Å². The zero-order valence-corrected chi connectivity index (χ0v) is 9.81. The predicted molar refractivity (Wildman–Crippen MR) is 64.0 cm³/mol. The minimum atomic E-state index is 0.607. The lowest BCUT2D eigenvalue weighted by Crippen LogP contribution is -2.09. The van der Waals surface area contributed by atoms with Gasteiger partial charge >= 0.3 is 0 Å². The first-order valence-corrected chi connectivity index (χ1v) is 5.60. The number of rotatable bonds is 3. The molecule has 0 unspecified atom stereocenters. The molecular weight excluding hydrogens is 254 g/mol. The smallest absolute Gasteiger partial charge is 0.115 e. The van der Waals surface area contributed by atoms with Crippen molar-refractivity contribution in [3.8, 4) is 5.69 Å². The third-order valence-corrected chi connectivity index (χ3v) is 2.73. The fourth-order valence-electron chi connectivity index (χ4n) is 1.52. The molecule has 1 aromatic carbocycles. The highest BCUT2D eigenvalue weighted by molar-refractivity contribution is 9.10. The van der Waals surface area contributed by atoms with Crippen molar-refractivity contribution in [1.29, 1.82) is 0 Å². The van der Waals surface area contributed by atoms with Crippen LogP contribution < -0.4 is 5.73 Å². The Kier molecular flexibility index (Phi) is 3.18. The van der Waals surface area contributed by atoms with Crippen LogP contribution in [0.2, 0.25) is 0 Å². The first kappa shape index (κ1) is 10.4. The minimum Gasteiger partial charge on any atom is -0.330 e. The zero-order valence-electron chi connectivity index (χ0n) is 8.23. The number of imidazole rings is 1. The standard InChI is InChI=1S/C11H12BrN3/c12-10-8-14-11(6-7-13)15(10)9-4-2-1-3-5-9/h1-5,8H,6-7,13H2. The normalized spacial score (nSPS) is 10.5. The fourth-order valence-corrected chi connectivity index (χ4v) is 2.03. The van der Waals surface area contributed by atoms with Crippen LogP contribution in [0, 0.1) is 0 Å². The van der Waals surface area contributed by atoms with Crippen molar-refractivity contribution < 1.29 is 0 Å². The summed E-state index contributed by atoms with van der Waals surface area (Å²) in [5, 5.41) is 0. The number of benzene rings is 1. The number of hydrogen-bond donors (Lipinski definition) is 1. The molecule has 0 atom stereocenters. The second-order valence-corrected chi connectivity index (χ2v) is 4.02. The summed E-state index contributed by atoms with van der Waals surface area (Å²) in [4.78, 5) is 4.32. The molecule has 1 aromatic heterocycles. The van der Waals surface area contributed by atoms with E-state index in [0.29, 0.717) is 6.54 Å². The summed E-state index contributed by atoms with van der Waals surface area (Å²) in [5.41, 5.74) is 6.65. The molecule has 3 nitrogen and oxygen atoms in total. The van der Waals surface area contributed by atoms with E-state index in [2.05, 4.69) is 25.5 Å². The molecule has 0 aliphatic heterocycles. The van der Waals surface area contributed by atoms with Gasteiger partial charge in [0.15, 0.2) is 0 Å². The molecule has 0 bridgehead atoms. The number of nitrogens with two attached hydrogens (primary N) is 1. The highest BCUT2D eigenvalue weighted by Crippen LogP contribution is 2.19. The average Bonchev–Trinajstić information content (AvgIpc) is 2.62. The number of hydrogen-bond acceptors (Lipinski definition) is 2. The number of halogens is 1. The van der Waals surface area contributed by atoms with Crippen molar-refractivity contribution in [1.82, 2.24) is 9.55 Å². The van der Waals surface area contributed by atoms with Crippen LogP contribution in [0.3, 0.4) is 0 Å². The van der Waals surface area contributed by atoms with E-state index in [9.17, 15) is 0 Å². The van der Waals surface area contributed by atoms with Gasteiger partial charge in [-0.25, -0.2) is 4.98 Å². The van der Waals surface area contributed by atoms with Gasteiger partial charge in [-0.1, -0.05) is 18.2 Å². The Morgan fingerprint density at radius 1 is 1.27 bits per heavy atom. The summed E-state index contributed by atoms with van der Waals surface area (Å²) >= 11 is 3.48. The second kappa shape index (κ2) is 4.59. The lowest BCUT2D eigenvalue weighted by Gasteiger charge is -2.08. The molecule has 4 heteroatoms. The van der Waals surface area contributed by atoms with E-state index in [1.54, 1.807) is 6.20 Å². The van der Waals surface area contributed by atoms with Crippen molar-refractivity contribution in [2.75, 3.05) is 6.54 Å². The van der Waals surface area contributed by atoms with E-state index in [1.165, 1.54) is 0 Å². The molecular formula is C11H12BrN3.